The maximum atomic E-state index is 5.49. The van der Waals surface area contributed by atoms with E-state index in [1.165, 1.54) is 0 Å². The normalized spacial score (nSPS) is 15.6. The summed E-state index contributed by atoms with van der Waals surface area (Å²) in [6.07, 6.45) is 2.17. The molecule has 0 aromatic carbocycles. The molecule has 0 rings (SSSR count). The molecular formula is C12H27NO2. The summed E-state index contributed by atoms with van der Waals surface area (Å²) in [7, 11) is 1.69. The average Bonchev–Trinajstić information content (AvgIpc) is 2.16. The van der Waals surface area contributed by atoms with Crippen molar-refractivity contribution < 1.29 is 9.47 Å². The van der Waals surface area contributed by atoms with Crippen molar-refractivity contribution in [1.82, 2.24) is 5.32 Å². The Morgan fingerprint density at radius 3 is 2.33 bits per heavy atom. The molecule has 1 unspecified atom stereocenters. The number of hydrogen-bond donors (Lipinski definition) is 1. The van der Waals surface area contributed by atoms with Crippen molar-refractivity contribution in [3.05, 3.63) is 0 Å². The van der Waals surface area contributed by atoms with Gasteiger partial charge in [0.15, 0.2) is 0 Å². The lowest BCUT2D eigenvalue weighted by Gasteiger charge is -2.32. The van der Waals surface area contributed by atoms with Gasteiger partial charge >= 0.3 is 0 Å². The van der Waals surface area contributed by atoms with Crippen LogP contribution in [0.2, 0.25) is 0 Å². The highest BCUT2D eigenvalue weighted by Crippen LogP contribution is 2.15. The van der Waals surface area contributed by atoms with Gasteiger partial charge in [0.1, 0.15) is 0 Å². The van der Waals surface area contributed by atoms with Crippen LogP contribution in [0.4, 0.5) is 0 Å². The summed E-state index contributed by atoms with van der Waals surface area (Å²) in [5, 5.41) is 3.59. The van der Waals surface area contributed by atoms with Crippen LogP contribution in [-0.2, 0) is 9.47 Å². The van der Waals surface area contributed by atoms with E-state index < -0.39 is 0 Å². The third-order valence-electron chi connectivity index (χ3n) is 2.65. The van der Waals surface area contributed by atoms with Gasteiger partial charge in [-0.15, -0.1) is 0 Å². The second-order valence-electron chi connectivity index (χ2n) is 4.57. The molecule has 15 heavy (non-hydrogen) atoms. The van der Waals surface area contributed by atoms with Gasteiger partial charge in [-0.3, -0.25) is 0 Å². The van der Waals surface area contributed by atoms with E-state index in [0.717, 1.165) is 19.4 Å². The molecule has 0 bridgehead atoms. The van der Waals surface area contributed by atoms with Crippen LogP contribution in [0.25, 0.3) is 0 Å². The van der Waals surface area contributed by atoms with Crippen LogP contribution >= 0.6 is 0 Å². The third kappa shape index (κ3) is 7.77. The van der Waals surface area contributed by atoms with Gasteiger partial charge in [0.2, 0.25) is 0 Å². The molecule has 0 aromatic heterocycles. The minimum atomic E-state index is 0.196. The molecule has 3 nitrogen and oxygen atoms in total. The van der Waals surface area contributed by atoms with Crippen molar-refractivity contribution in [1.29, 1.82) is 0 Å². The second-order valence-corrected chi connectivity index (χ2v) is 4.57. The Bertz CT molecular complexity index is 151. The van der Waals surface area contributed by atoms with Gasteiger partial charge in [0.05, 0.1) is 13.2 Å². The topological polar surface area (TPSA) is 30.5 Å². The van der Waals surface area contributed by atoms with Crippen molar-refractivity contribution in [2.45, 2.75) is 52.1 Å². The van der Waals surface area contributed by atoms with Crippen molar-refractivity contribution >= 4 is 0 Å². The molecule has 0 heterocycles. The highest BCUT2D eigenvalue weighted by molar-refractivity contribution is 4.82. The fourth-order valence-corrected chi connectivity index (χ4v) is 1.59. The molecule has 3 heteroatoms. The molecule has 0 saturated carbocycles. The number of methoxy groups -OCH3 is 1. The summed E-state index contributed by atoms with van der Waals surface area (Å²) in [5.41, 5.74) is 0.196. The van der Waals surface area contributed by atoms with Gasteiger partial charge in [-0.1, -0.05) is 20.8 Å². The van der Waals surface area contributed by atoms with E-state index in [2.05, 4.69) is 33.0 Å². The van der Waals surface area contributed by atoms with Crippen molar-refractivity contribution in [2.75, 3.05) is 26.9 Å². The van der Waals surface area contributed by atoms with Crippen LogP contribution < -0.4 is 5.32 Å². The molecule has 1 atom stereocenters. The number of hydrogen-bond acceptors (Lipinski definition) is 3. The van der Waals surface area contributed by atoms with E-state index in [-0.39, 0.29) is 5.54 Å². The quantitative estimate of drug-likeness (QED) is 0.601. The van der Waals surface area contributed by atoms with E-state index in [0.29, 0.717) is 19.3 Å². The lowest BCUT2D eigenvalue weighted by atomic mass is 9.94. The molecule has 0 saturated heterocycles. The molecule has 1 N–H and O–H groups in total. The van der Waals surface area contributed by atoms with E-state index in [4.69, 9.17) is 9.47 Å². The summed E-state index contributed by atoms with van der Waals surface area (Å²) in [5.74, 6) is 0. The summed E-state index contributed by atoms with van der Waals surface area (Å²) >= 11 is 0. The zero-order chi connectivity index (χ0) is 11.7. The van der Waals surface area contributed by atoms with E-state index in [1.54, 1.807) is 7.11 Å². The Morgan fingerprint density at radius 1 is 1.20 bits per heavy atom. The van der Waals surface area contributed by atoms with E-state index in [1.807, 2.05) is 0 Å². The van der Waals surface area contributed by atoms with Crippen LogP contribution in [0, 0.1) is 0 Å². The van der Waals surface area contributed by atoms with Gasteiger partial charge in [-0.2, -0.15) is 0 Å². The van der Waals surface area contributed by atoms with Gasteiger partial charge in [-0.25, -0.2) is 0 Å². The lowest BCUT2D eigenvalue weighted by molar-refractivity contribution is 0.0578. The minimum Gasteiger partial charge on any atom is -0.382 e. The van der Waals surface area contributed by atoms with Crippen LogP contribution in [0.15, 0.2) is 0 Å². The fraction of sp³-hybridized carbons (Fsp3) is 1.00. The summed E-state index contributed by atoms with van der Waals surface area (Å²) in [6, 6.07) is 0.522. The third-order valence-corrected chi connectivity index (χ3v) is 2.65. The first kappa shape index (κ1) is 14.9. The highest BCUT2D eigenvalue weighted by Gasteiger charge is 2.21. The van der Waals surface area contributed by atoms with Gasteiger partial charge in [-0.05, 0) is 19.8 Å². The highest BCUT2D eigenvalue weighted by atomic mass is 16.5. The Hall–Kier alpha value is -0.120. The predicted molar refractivity (Wildman–Crippen MR) is 64.3 cm³/mol. The molecule has 0 aliphatic carbocycles. The summed E-state index contributed by atoms with van der Waals surface area (Å²) < 4.78 is 10.4. The first-order valence-electron chi connectivity index (χ1n) is 5.88. The van der Waals surface area contributed by atoms with Crippen LogP contribution in [-0.4, -0.2) is 38.5 Å². The van der Waals surface area contributed by atoms with Crippen LogP contribution in [0.1, 0.15) is 40.5 Å². The molecule has 0 amide bonds. The standard InChI is InChI=1S/C12H27NO2/c1-6-12(4,13-11(2)3)7-8-15-10-9-14-5/h11,13H,6-10H2,1-5H3. The molecule has 0 fully saturated rings. The van der Waals surface area contributed by atoms with Crippen molar-refractivity contribution in [3.63, 3.8) is 0 Å². The van der Waals surface area contributed by atoms with Crippen molar-refractivity contribution in [2.24, 2.45) is 0 Å². The van der Waals surface area contributed by atoms with Gasteiger partial charge in [0.25, 0.3) is 0 Å². The molecular weight excluding hydrogens is 190 g/mol. The Kier molecular flexibility index (Phi) is 8.02. The van der Waals surface area contributed by atoms with Crippen LogP contribution in [0.3, 0.4) is 0 Å². The first-order chi connectivity index (χ1) is 7.04. The van der Waals surface area contributed by atoms with Crippen LogP contribution in [0.5, 0.6) is 0 Å². The summed E-state index contributed by atoms with van der Waals surface area (Å²) in [4.78, 5) is 0. The Labute approximate surface area is 94.5 Å². The number of ether oxygens (including phenoxy) is 2. The maximum absolute atomic E-state index is 5.49. The van der Waals surface area contributed by atoms with E-state index >= 15 is 0 Å². The number of rotatable bonds is 9. The molecule has 92 valence electrons. The first-order valence-corrected chi connectivity index (χ1v) is 5.88. The minimum absolute atomic E-state index is 0.196. The largest absolute Gasteiger partial charge is 0.382 e. The van der Waals surface area contributed by atoms with Crippen molar-refractivity contribution in [3.8, 4) is 0 Å². The zero-order valence-corrected chi connectivity index (χ0v) is 10.9. The molecule has 0 aliphatic heterocycles. The predicted octanol–water partition coefficient (Wildman–Crippen LogP) is 2.21. The Balaban J connectivity index is 3.68. The smallest absolute Gasteiger partial charge is 0.0700 e. The zero-order valence-electron chi connectivity index (χ0n) is 10.9. The van der Waals surface area contributed by atoms with E-state index in [9.17, 15) is 0 Å². The monoisotopic (exact) mass is 217 g/mol. The maximum Gasteiger partial charge on any atom is 0.0700 e. The fourth-order valence-electron chi connectivity index (χ4n) is 1.59. The lowest BCUT2D eigenvalue weighted by Crippen LogP contribution is -2.46. The molecule has 0 aromatic rings. The second kappa shape index (κ2) is 8.08. The SMILES string of the molecule is CCC(C)(CCOCCOC)NC(C)C. The summed E-state index contributed by atoms with van der Waals surface area (Å²) in [6.45, 7) is 11.0. The molecule has 0 radical (unpaired) electrons. The van der Waals surface area contributed by atoms with Gasteiger partial charge in [0, 0.05) is 25.3 Å². The van der Waals surface area contributed by atoms with Gasteiger partial charge < -0.3 is 14.8 Å². The molecule has 0 spiro atoms. The number of nitrogens with one attached hydrogen (secondary N) is 1. The average molecular weight is 217 g/mol. The molecule has 0 aliphatic rings. The Morgan fingerprint density at radius 2 is 1.87 bits per heavy atom.